The van der Waals surface area contributed by atoms with Crippen molar-refractivity contribution in [3.8, 4) is 45.1 Å². The first kappa shape index (κ1) is 34.0. The van der Waals surface area contributed by atoms with E-state index in [2.05, 4.69) is 215 Å². The molecule has 284 valence electrons. The van der Waals surface area contributed by atoms with E-state index in [1.54, 1.807) is 11.3 Å². The zero-order chi connectivity index (χ0) is 40.0. The summed E-state index contributed by atoms with van der Waals surface area (Å²) in [4.78, 5) is 11.2. The van der Waals surface area contributed by atoms with Gasteiger partial charge in [0.05, 0.1) is 38.0 Å². The summed E-state index contributed by atoms with van der Waals surface area (Å²) in [5, 5.41) is 8.37. The molecule has 4 nitrogen and oxygen atoms in total. The fourth-order valence-corrected chi connectivity index (χ4v) is 10.8. The van der Waals surface area contributed by atoms with E-state index >= 15 is 0 Å². The van der Waals surface area contributed by atoms with Gasteiger partial charge in [0.25, 0.3) is 0 Å². The fraction of sp³-hybridized carbons (Fsp3) is 0. The van der Waals surface area contributed by atoms with Crippen LogP contribution in [0.1, 0.15) is 0 Å². The third kappa shape index (κ3) is 5.11. The monoisotopic (exact) mass is 794 g/mol. The summed E-state index contributed by atoms with van der Waals surface area (Å²) in [6.45, 7) is 0. The van der Waals surface area contributed by atoms with Crippen LogP contribution in [-0.4, -0.2) is 19.1 Å². The summed E-state index contributed by atoms with van der Waals surface area (Å²) < 4.78 is 7.03. The van der Waals surface area contributed by atoms with Gasteiger partial charge in [-0.05, 0) is 75.5 Å². The minimum absolute atomic E-state index is 0.652. The van der Waals surface area contributed by atoms with Gasteiger partial charge >= 0.3 is 0 Å². The second-order valence-corrected chi connectivity index (χ2v) is 16.8. The van der Waals surface area contributed by atoms with Crippen LogP contribution in [0.15, 0.2) is 206 Å². The average molecular weight is 795 g/mol. The number of hydrogen-bond donors (Lipinski definition) is 0. The highest BCUT2D eigenvalue weighted by molar-refractivity contribution is 7.26. The van der Waals surface area contributed by atoms with Crippen LogP contribution in [0.4, 0.5) is 0 Å². The zero-order valence-electron chi connectivity index (χ0n) is 32.8. The molecular weight excluding hydrogens is 761 g/mol. The molecule has 0 amide bonds. The topological polar surface area (TPSA) is 35.6 Å². The normalized spacial score (nSPS) is 11.9. The van der Waals surface area contributed by atoms with Crippen LogP contribution >= 0.6 is 11.3 Å². The number of thiophene rings is 1. The molecule has 61 heavy (non-hydrogen) atoms. The largest absolute Gasteiger partial charge is 0.309 e. The van der Waals surface area contributed by atoms with E-state index in [9.17, 15) is 0 Å². The Morgan fingerprint density at radius 2 is 0.918 bits per heavy atom. The van der Waals surface area contributed by atoms with Gasteiger partial charge in [-0.15, -0.1) is 11.3 Å². The Balaban J connectivity index is 1.20. The SMILES string of the molecule is c1ccc(-c2ccc(-c3nc(-n4c5cc(-c6ccccc6)c6ccccc6c5c5c6c7ccccc7n(-c7ccccc7)c6ccc54)nc4c3sc3ccccc34)cc2)cc1. The van der Waals surface area contributed by atoms with Crippen LogP contribution in [0.2, 0.25) is 0 Å². The molecule has 4 aromatic heterocycles. The second kappa shape index (κ2) is 13.3. The number of aromatic nitrogens is 4. The van der Waals surface area contributed by atoms with Crippen molar-refractivity contribution in [2.45, 2.75) is 0 Å². The molecule has 0 aliphatic carbocycles. The molecule has 0 radical (unpaired) electrons. The van der Waals surface area contributed by atoms with Crippen LogP contribution in [0.3, 0.4) is 0 Å². The number of fused-ring (bicyclic) bond motifs is 12. The third-order valence-corrected chi connectivity index (χ3v) is 13.5. The molecule has 13 rings (SSSR count). The van der Waals surface area contributed by atoms with Crippen LogP contribution in [0.5, 0.6) is 0 Å². The Hall–Kier alpha value is -7.86. The molecule has 13 aromatic rings. The summed E-state index contributed by atoms with van der Waals surface area (Å²) in [5.74, 6) is 0.652. The lowest BCUT2D eigenvalue weighted by atomic mass is 9.94. The Bertz CT molecular complexity index is 3840. The summed E-state index contributed by atoms with van der Waals surface area (Å²) in [7, 11) is 0. The minimum atomic E-state index is 0.652. The van der Waals surface area contributed by atoms with E-state index in [4.69, 9.17) is 9.97 Å². The van der Waals surface area contributed by atoms with Crippen molar-refractivity contribution in [3.63, 3.8) is 0 Å². The first-order chi connectivity index (χ1) is 30.3. The molecule has 0 N–H and O–H groups in total. The predicted octanol–water partition coefficient (Wildman–Crippen LogP) is 15.2. The van der Waals surface area contributed by atoms with Gasteiger partial charge in [-0.2, -0.15) is 0 Å². The fourth-order valence-electron chi connectivity index (χ4n) is 9.67. The van der Waals surface area contributed by atoms with E-state index in [-0.39, 0.29) is 0 Å². The van der Waals surface area contributed by atoms with Crippen molar-refractivity contribution in [1.29, 1.82) is 0 Å². The van der Waals surface area contributed by atoms with Crippen LogP contribution in [0, 0.1) is 0 Å². The lowest BCUT2D eigenvalue weighted by molar-refractivity contribution is 1.02. The van der Waals surface area contributed by atoms with E-state index in [0.29, 0.717) is 5.95 Å². The molecule has 0 spiro atoms. The van der Waals surface area contributed by atoms with Gasteiger partial charge in [-0.25, -0.2) is 9.97 Å². The number of hydrogen-bond acceptors (Lipinski definition) is 3. The van der Waals surface area contributed by atoms with Crippen molar-refractivity contribution < 1.29 is 0 Å². The number of nitrogens with zero attached hydrogens (tertiary/aromatic N) is 4. The van der Waals surface area contributed by atoms with Crippen molar-refractivity contribution in [3.05, 3.63) is 206 Å². The molecule has 4 heterocycles. The van der Waals surface area contributed by atoms with Crippen molar-refractivity contribution in [1.82, 2.24) is 19.1 Å². The van der Waals surface area contributed by atoms with Gasteiger partial charge in [-0.3, -0.25) is 4.57 Å². The maximum absolute atomic E-state index is 5.65. The second-order valence-electron chi connectivity index (χ2n) is 15.7. The molecule has 9 aromatic carbocycles. The average Bonchev–Trinajstić information content (AvgIpc) is 3.99. The standard InChI is InChI=1S/C56H34N4S/c1-4-16-35(17-5-1)36-28-30-38(31-29-36)53-55-54(43-25-13-15-27-49(43)61-55)58-56(57-53)60-47-33-32-46-51(42-24-12-14-26-45(42)59(46)39-20-8-3-9-21-39)52(47)50-41-23-11-10-22-40(41)44(34-48(50)60)37-18-6-2-7-19-37/h1-34H. The lowest BCUT2D eigenvalue weighted by Gasteiger charge is -2.13. The summed E-state index contributed by atoms with van der Waals surface area (Å²) >= 11 is 1.77. The summed E-state index contributed by atoms with van der Waals surface area (Å²) in [6, 6.07) is 74.2. The minimum Gasteiger partial charge on any atom is -0.309 e. The molecule has 0 saturated carbocycles. The van der Waals surface area contributed by atoms with E-state index in [1.807, 2.05) is 0 Å². The highest BCUT2D eigenvalue weighted by Crippen LogP contribution is 2.47. The van der Waals surface area contributed by atoms with Gasteiger partial charge < -0.3 is 4.57 Å². The molecule has 0 atom stereocenters. The molecule has 0 aliphatic heterocycles. The predicted molar refractivity (Wildman–Crippen MR) is 257 cm³/mol. The molecule has 0 aliphatic rings. The molecule has 0 unspecified atom stereocenters. The summed E-state index contributed by atoms with van der Waals surface area (Å²) in [6.07, 6.45) is 0. The number of rotatable bonds is 5. The Labute approximate surface area is 354 Å². The van der Waals surface area contributed by atoms with Crippen LogP contribution in [0.25, 0.3) is 120 Å². The highest BCUT2D eigenvalue weighted by atomic mass is 32.1. The van der Waals surface area contributed by atoms with Gasteiger partial charge in [0.2, 0.25) is 5.95 Å². The maximum Gasteiger partial charge on any atom is 0.235 e. The van der Waals surface area contributed by atoms with Crippen molar-refractivity contribution >= 4 is 86.0 Å². The Morgan fingerprint density at radius 3 is 1.67 bits per heavy atom. The highest BCUT2D eigenvalue weighted by Gasteiger charge is 2.25. The molecule has 0 fully saturated rings. The third-order valence-electron chi connectivity index (χ3n) is 12.3. The molecule has 5 heteroatoms. The first-order valence-corrected chi connectivity index (χ1v) is 21.5. The number of para-hydroxylation sites is 2. The van der Waals surface area contributed by atoms with Gasteiger partial charge in [0.1, 0.15) is 0 Å². The van der Waals surface area contributed by atoms with E-state index in [0.717, 1.165) is 49.1 Å². The van der Waals surface area contributed by atoms with Gasteiger partial charge in [0, 0.05) is 42.9 Å². The van der Waals surface area contributed by atoms with E-state index in [1.165, 1.54) is 64.8 Å². The molecule has 0 bridgehead atoms. The zero-order valence-corrected chi connectivity index (χ0v) is 33.6. The number of benzene rings is 9. The van der Waals surface area contributed by atoms with Crippen molar-refractivity contribution in [2.24, 2.45) is 0 Å². The van der Waals surface area contributed by atoms with Gasteiger partial charge in [0.15, 0.2) is 0 Å². The summed E-state index contributed by atoms with van der Waals surface area (Å²) in [5.41, 5.74) is 13.3. The molecular formula is C56H34N4S. The maximum atomic E-state index is 5.65. The van der Waals surface area contributed by atoms with Gasteiger partial charge in [-0.1, -0.05) is 164 Å². The van der Waals surface area contributed by atoms with Crippen LogP contribution < -0.4 is 0 Å². The molecule has 0 saturated heterocycles. The Kier molecular flexibility index (Phi) is 7.44. The quantitative estimate of drug-likeness (QED) is 0.174. The van der Waals surface area contributed by atoms with Crippen LogP contribution in [-0.2, 0) is 0 Å². The lowest BCUT2D eigenvalue weighted by Crippen LogP contribution is -2.03. The van der Waals surface area contributed by atoms with E-state index < -0.39 is 0 Å². The van der Waals surface area contributed by atoms with Crippen molar-refractivity contribution in [2.75, 3.05) is 0 Å². The Morgan fingerprint density at radius 1 is 0.361 bits per heavy atom. The smallest absolute Gasteiger partial charge is 0.235 e. The first-order valence-electron chi connectivity index (χ1n) is 20.7.